The average molecular weight is 638 g/mol. The molecule has 0 bridgehead atoms. The van der Waals surface area contributed by atoms with Gasteiger partial charge in [-0.3, -0.25) is 9.97 Å². The Morgan fingerprint density at radius 3 is 1.72 bits per heavy atom. The Kier molecular flexibility index (Phi) is 6.42. The summed E-state index contributed by atoms with van der Waals surface area (Å²) in [6.07, 6.45) is 3.73. The first-order valence-corrected chi connectivity index (χ1v) is 16.6. The fourth-order valence-corrected chi connectivity index (χ4v) is 6.83. The molecular weight excluding hydrogens is 611 g/mol. The molecule has 0 radical (unpaired) electrons. The summed E-state index contributed by atoms with van der Waals surface area (Å²) in [5, 5.41) is 5.48. The first-order chi connectivity index (χ1) is 24.7. The highest BCUT2D eigenvalue weighted by Crippen LogP contribution is 2.31. The molecule has 0 unspecified atom stereocenters. The van der Waals surface area contributed by atoms with Crippen LogP contribution in [0.25, 0.3) is 99.4 Å². The highest BCUT2D eigenvalue weighted by atomic mass is 14.8. The van der Waals surface area contributed by atoms with Crippen LogP contribution in [-0.2, 0) is 0 Å². The van der Waals surface area contributed by atoms with E-state index in [1.54, 1.807) is 0 Å². The van der Waals surface area contributed by atoms with Gasteiger partial charge in [0.1, 0.15) is 0 Å². The van der Waals surface area contributed by atoms with Crippen LogP contribution < -0.4 is 0 Å². The van der Waals surface area contributed by atoms with Crippen LogP contribution in [0, 0.1) is 0 Å². The van der Waals surface area contributed by atoms with Crippen molar-refractivity contribution >= 4 is 54.5 Å². The van der Waals surface area contributed by atoms with Gasteiger partial charge in [0, 0.05) is 56.0 Å². The largest absolute Gasteiger partial charge is 0.256 e. The van der Waals surface area contributed by atoms with Gasteiger partial charge >= 0.3 is 0 Å². The van der Waals surface area contributed by atoms with Gasteiger partial charge in [0.2, 0.25) is 0 Å². The third kappa shape index (κ3) is 4.92. The van der Waals surface area contributed by atoms with Crippen LogP contribution in [0.1, 0.15) is 0 Å². The van der Waals surface area contributed by atoms with Crippen molar-refractivity contribution in [3.8, 4) is 44.9 Å². The molecule has 10 aromatic rings. The molecule has 0 fully saturated rings. The maximum atomic E-state index is 5.04. The number of nitrogens with zero attached hydrogens (tertiary/aromatic N) is 5. The van der Waals surface area contributed by atoms with Crippen molar-refractivity contribution in [2.24, 2.45) is 0 Å². The van der Waals surface area contributed by atoms with E-state index in [9.17, 15) is 0 Å². The van der Waals surface area contributed by atoms with Crippen LogP contribution in [0.4, 0.5) is 0 Å². The van der Waals surface area contributed by atoms with Gasteiger partial charge in [-0.2, -0.15) is 0 Å². The Hall–Kier alpha value is -6.85. The molecule has 0 spiro atoms. The van der Waals surface area contributed by atoms with Crippen molar-refractivity contribution in [2.75, 3.05) is 0 Å². The van der Waals surface area contributed by atoms with Gasteiger partial charge < -0.3 is 0 Å². The minimum absolute atomic E-state index is 0.913. The van der Waals surface area contributed by atoms with E-state index in [1.807, 2.05) is 36.7 Å². The molecule has 10 rings (SSSR count). The standard InChI is InChI=1S/C45H27N5/c1-2-6-38-35(4-1)25-37(27-47-38)42-19-15-30-11-14-34(26-43(30)49-42)33-17-21-41-36(24-33)18-22-39(48-41)28-7-9-29(10-8-28)40-20-16-32-13-12-31-5-3-23-46-44(31)45(32)50-40/h1-27H. The Morgan fingerprint density at radius 1 is 0.300 bits per heavy atom. The van der Waals surface area contributed by atoms with Crippen LogP contribution in [0.3, 0.4) is 0 Å². The zero-order chi connectivity index (χ0) is 33.0. The normalized spacial score (nSPS) is 11.6. The van der Waals surface area contributed by atoms with E-state index in [0.29, 0.717) is 0 Å². The first kappa shape index (κ1) is 28.2. The molecule has 5 aromatic carbocycles. The van der Waals surface area contributed by atoms with Crippen LogP contribution in [0.2, 0.25) is 0 Å². The second-order valence-corrected chi connectivity index (χ2v) is 12.6. The zero-order valence-corrected chi connectivity index (χ0v) is 26.8. The van der Waals surface area contributed by atoms with Crippen molar-refractivity contribution < 1.29 is 0 Å². The van der Waals surface area contributed by atoms with Crippen LogP contribution in [0.5, 0.6) is 0 Å². The number of rotatable bonds is 4. The summed E-state index contributed by atoms with van der Waals surface area (Å²) in [5.41, 5.74) is 12.9. The van der Waals surface area contributed by atoms with Gasteiger partial charge in [0.05, 0.1) is 44.7 Å². The molecule has 0 saturated heterocycles. The molecule has 5 aromatic heterocycles. The highest BCUT2D eigenvalue weighted by Gasteiger charge is 2.10. The van der Waals surface area contributed by atoms with Crippen molar-refractivity contribution in [3.63, 3.8) is 0 Å². The third-order valence-corrected chi connectivity index (χ3v) is 9.51. The molecule has 0 aliphatic rings. The van der Waals surface area contributed by atoms with Gasteiger partial charge in [-0.05, 0) is 65.7 Å². The molecule has 5 nitrogen and oxygen atoms in total. The number of fused-ring (bicyclic) bond motifs is 6. The van der Waals surface area contributed by atoms with Crippen LogP contribution in [-0.4, -0.2) is 24.9 Å². The van der Waals surface area contributed by atoms with Gasteiger partial charge in [-0.15, -0.1) is 0 Å². The predicted molar refractivity (Wildman–Crippen MR) is 205 cm³/mol. The second kappa shape index (κ2) is 11.4. The Morgan fingerprint density at radius 2 is 0.860 bits per heavy atom. The van der Waals surface area contributed by atoms with E-state index in [4.69, 9.17) is 15.0 Å². The van der Waals surface area contributed by atoms with E-state index in [0.717, 1.165) is 99.4 Å². The summed E-state index contributed by atoms with van der Waals surface area (Å²) in [7, 11) is 0. The summed E-state index contributed by atoms with van der Waals surface area (Å²) >= 11 is 0. The average Bonchev–Trinajstić information content (AvgIpc) is 3.19. The van der Waals surface area contributed by atoms with Crippen molar-refractivity contribution in [1.29, 1.82) is 0 Å². The molecular formula is C45H27N5. The van der Waals surface area contributed by atoms with Crippen molar-refractivity contribution in [1.82, 2.24) is 24.9 Å². The first-order valence-electron chi connectivity index (χ1n) is 16.6. The Labute approximate surface area is 287 Å². The quantitative estimate of drug-likeness (QED) is 0.180. The lowest BCUT2D eigenvalue weighted by molar-refractivity contribution is 1.35. The number of hydrogen-bond acceptors (Lipinski definition) is 5. The van der Waals surface area contributed by atoms with Crippen LogP contribution in [0.15, 0.2) is 164 Å². The van der Waals surface area contributed by atoms with Gasteiger partial charge in [-0.1, -0.05) is 97.1 Å². The predicted octanol–water partition coefficient (Wildman–Crippen LogP) is 11.1. The highest BCUT2D eigenvalue weighted by molar-refractivity contribution is 6.03. The lowest BCUT2D eigenvalue weighted by Gasteiger charge is -2.09. The molecule has 0 N–H and O–H groups in total. The molecule has 50 heavy (non-hydrogen) atoms. The molecule has 232 valence electrons. The fourth-order valence-electron chi connectivity index (χ4n) is 6.83. The summed E-state index contributed by atoms with van der Waals surface area (Å²) < 4.78 is 0. The monoisotopic (exact) mass is 637 g/mol. The summed E-state index contributed by atoms with van der Waals surface area (Å²) in [6.45, 7) is 0. The Balaban J connectivity index is 0.936. The summed E-state index contributed by atoms with van der Waals surface area (Å²) in [4.78, 5) is 24.3. The van der Waals surface area contributed by atoms with E-state index >= 15 is 0 Å². The number of hydrogen-bond donors (Lipinski definition) is 0. The van der Waals surface area contributed by atoms with E-state index in [1.165, 1.54) is 0 Å². The summed E-state index contributed by atoms with van der Waals surface area (Å²) in [5.74, 6) is 0. The maximum Gasteiger partial charge on any atom is 0.0972 e. The molecule has 0 aliphatic carbocycles. The number of benzene rings is 5. The van der Waals surface area contributed by atoms with Crippen molar-refractivity contribution in [3.05, 3.63) is 164 Å². The van der Waals surface area contributed by atoms with Crippen LogP contribution >= 0.6 is 0 Å². The fraction of sp³-hybridized carbons (Fsp3) is 0. The topological polar surface area (TPSA) is 64.5 Å². The van der Waals surface area contributed by atoms with E-state index in [-0.39, 0.29) is 0 Å². The SMILES string of the molecule is c1ccc2ncc(-c3ccc4ccc(-c5ccc6nc(-c7ccc(-c8ccc9ccc%10cccnc%10c9n8)cc7)ccc6c5)cc4n3)cc2c1. The smallest absolute Gasteiger partial charge is 0.0972 e. The van der Waals surface area contributed by atoms with Gasteiger partial charge in [-0.25, -0.2) is 15.0 Å². The Bertz CT molecular complexity index is 2930. The van der Waals surface area contributed by atoms with E-state index in [2.05, 4.69) is 137 Å². The number of para-hydroxylation sites is 1. The molecule has 0 saturated carbocycles. The number of aromatic nitrogens is 5. The van der Waals surface area contributed by atoms with Gasteiger partial charge in [0.25, 0.3) is 0 Å². The third-order valence-electron chi connectivity index (χ3n) is 9.51. The molecule has 0 amide bonds. The van der Waals surface area contributed by atoms with Gasteiger partial charge in [0.15, 0.2) is 0 Å². The van der Waals surface area contributed by atoms with Crippen molar-refractivity contribution in [2.45, 2.75) is 0 Å². The molecule has 5 heteroatoms. The second-order valence-electron chi connectivity index (χ2n) is 12.6. The number of pyridine rings is 5. The lowest BCUT2D eigenvalue weighted by Crippen LogP contribution is -1.90. The zero-order valence-electron chi connectivity index (χ0n) is 26.8. The molecule has 0 atom stereocenters. The molecule has 5 heterocycles. The minimum Gasteiger partial charge on any atom is -0.256 e. The lowest BCUT2D eigenvalue weighted by atomic mass is 10.0. The molecule has 0 aliphatic heterocycles. The maximum absolute atomic E-state index is 5.04. The minimum atomic E-state index is 0.913. The summed E-state index contributed by atoms with van der Waals surface area (Å²) in [6, 6.07) is 52.6. The van der Waals surface area contributed by atoms with E-state index < -0.39 is 0 Å².